The fraction of sp³-hybridized carbons (Fsp3) is 0.348. The van der Waals surface area contributed by atoms with Crippen LogP contribution in [0.1, 0.15) is 32.7 Å². The zero-order valence-electron chi connectivity index (χ0n) is 18.2. The highest BCUT2D eigenvalue weighted by atomic mass is 19.2. The molecule has 2 aliphatic heterocycles. The standard InChI is InChI=1S/C23H24F2N6O2/c1-29-6-2-7-30(10-9-29)23(33)15-12-19-20-16(5-8-31(19)13-15)21(28-27-20)26-22(32)14-3-4-17(24)18(25)11-14/h3-4,11-13H,2,5-10H2,1H3,(H2,26,27,28,32). The van der Waals surface area contributed by atoms with Crippen molar-refractivity contribution in [2.45, 2.75) is 19.4 Å². The number of rotatable bonds is 3. The molecule has 0 spiro atoms. The van der Waals surface area contributed by atoms with Gasteiger partial charge in [0.05, 0.1) is 17.0 Å². The van der Waals surface area contributed by atoms with E-state index in [2.05, 4.69) is 27.5 Å². The van der Waals surface area contributed by atoms with Crippen LogP contribution in [0.5, 0.6) is 0 Å². The molecule has 1 saturated heterocycles. The first-order chi connectivity index (χ1) is 15.9. The van der Waals surface area contributed by atoms with Crippen molar-refractivity contribution in [3.63, 3.8) is 0 Å². The molecule has 4 heterocycles. The Balaban J connectivity index is 1.36. The van der Waals surface area contributed by atoms with Crippen LogP contribution in [0.2, 0.25) is 0 Å². The van der Waals surface area contributed by atoms with E-state index in [-0.39, 0.29) is 11.5 Å². The lowest BCUT2D eigenvalue weighted by Crippen LogP contribution is -2.34. The average Bonchev–Trinajstić information content (AvgIpc) is 3.34. The molecule has 8 nitrogen and oxygen atoms in total. The first-order valence-corrected chi connectivity index (χ1v) is 10.9. The number of benzene rings is 1. The summed E-state index contributed by atoms with van der Waals surface area (Å²) >= 11 is 0. The second-order valence-corrected chi connectivity index (χ2v) is 8.52. The molecule has 10 heteroatoms. The van der Waals surface area contributed by atoms with Crippen LogP contribution >= 0.6 is 0 Å². The molecule has 0 radical (unpaired) electrons. The van der Waals surface area contributed by atoms with Crippen molar-refractivity contribution in [2.24, 2.45) is 0 Å². The van der Waals surface area contributed by atoms with Crippen molar-refractivity contribution in [3.05, 3.63) is 58.8 Å². The van der Waals surface area contributed by atoms with E-state index in [1.165, 1.54) is 6.07 Å². The molecule has 0 bridgehead atoms. The maximum absolute atomic E-state index is 13.5. The van der Waals surface area contributed by atoms with Crippen LogP contribution < -0.4 is 5.32 Å². The Hall–Kier alpha value is -3.53. The van der Waals surface area contributed by atoms with Crippen molar-refractivity contribution >= 4 is 17.6 Å². The molecule has 1 fully saturated rings. The number of likely N-dealkylation sites (N-methyl/N-ethyl adjacent to an activating group) is 1. The first kappa shape index (κ1) is 21.3. The van der Waals surface area contributed by atoms with Gasteiger partial charge in [0.15, 0.2) is 17.5 Å². The Morgan fingerprint density at radius 2 is 1.88 bits per heavy atom. The highest BCUT2D eigenvalue weighted by molar-refractivity contribution is 6.04. The van der Waals surface area contributed by atoms with E-state index in [0.29, 0.717) is 30.9 Å². The van der Waals surface area contributed by atoms with Crippen LogP contribution in [0.3, 0.4) is 0 Å². The maximum atomic E-state index is 13.5. The number of carbonyl (C=O) groups excluding carboxylic acids is 2. The number of nitrogens with one attached hydrogen (secondary N) is 2. The summed E-state index contributed by atoms with van der Waals surface area (Å²) in [7, 11) is 2.06. The minimum absolute atomic E-state index is 0.000752. The summed E-state index contributed by atoms with van der Waals surface area (Å²) in [5.74, 6) is -2.32. The molecule has 0 unspecified atom stereocenters. The van der Waals surface area contributed by atoms with E-state index in [4.69, 9.17) is 0 Å². The molecule has 2 N–H and O–H groups in total. The zero-order valence-corrected chi connectivity index (χ0v) is 18.2. The number of H-pyrrole nitrogens is 1. The fourth-order valence-electron chi connectivity index (χ4n) is 4.43. The van der Waals surface area contributed by atoms with E-state index >= 15 is 0 Å². The molecule has 2 aliphatic rings. The molecule has 3 aromatic rings. The van der Waals surface area contributed by atoms with Gasteiger partial charge in [-0.25, -0.2) is 8.78 Å². The molecule has 172 valence electrons. The summed E-state index contributed by atoms with van der Waals surface area (Å²) in [4.78, 5) is 29.7. The van der Waals surface area contributed by atoms with Crippen LogP contribution in [0.15, 0.2) is 30.5 Å². The molecule has 0 atom stereocenters. The number of fused-ring (bicyclic) bond motifs is 3. The summed E-state index contributed by atoms with van der Waals surface area (Å²) in [5.41, 5.74) is 3.00. The number of hydrogen-bond donors (Lipinski definition) is 2. The Labute approximate surface area is 189 Å². The van der Waals surface area contributed by atoms with Gasteiger partial charge < -0.3 is 19.7 Å². The fourth-order valence-corrected chi connectivity index (χ4v) is 4.43. The van der Waals surface area contributed by atoms with Gasteiger partial charge in [-0.05, 0) is 50.7 Å². The van der Waals surface area contributed by atoms with Gasteiger partial charge >= 0.3 is 0 Å². The van der Waals surface area contributed by atoms with E-state index in [1.807, 2.05) is 21.7 Å². The Morgan fingerprint density at radius 1 is 1.03 bits per heavy atom. The molecule has 0 aliphatic carbocycles. The minimum atomic E-state index is -1.09. The number of hydrogen-bond acceptors (Lipinski definition) is 4. The van der Waals surface area contributed by atoms with Crippen molar-refractivity contribution in [2.75, 3.05) is 38.5 Å². The lowest BCUT2D eigenvalue weighted by molar-refractivity contribution is 0.0762. The molecular weight excluding hydrogens is 430 g/mol. The quantitative estimate of drug-likeness (QED) is 0.637. The third kappa shape index (κ3) is 4.02. The van der Waals surface area contributed by atoms with Crippen molar-refractivity contribution in [1.29, 1.82) is 0 Å². The predicted molar refractivity (Wildman–Crippen MR) is 118 cm³/mol. The van der Waals surface area contributed by atoms with E-state index in [1.54, 1.807) is 0 Å². The van der Waals surface area contributed by atoms with Crippen molar-refractivity contribution in [1.82, 2.24) is 24.6 Å². The number of aromatic amines is 1. The van der Waals surface area contributed by atoms with Gasteiger partial charge in [-0.2, -0.15) is 5.10 Å². The molecule has 5 rings (SSSR count). The van der Waals surface area contributed by atoms with Crippen LogP contribution in [0, 0.1) is 11.6 Å². The molecule has 0 saturated carbocycles. The minimum Gasteiger partial charge on any atom is -0.345 e. The van der Waals surface area contributed by atoms with Crippen LogP contribution in [0.4, 0.5) is 14.6 Å². The highest BCUT2D eigenvalue weighted by Crippen LogP contribution is 2.34. The van der Waals surface area contributed by atoms with E-state index in [9.17, 15) is 18.4 Å². The highest BCUT2D eigenvalue weighted by Gasteiger charge is 2.27. The molecule has 1 aromatic carbocycles. The maximum Gasteiger partial charge on any atom is 0.256 e. The van der Waals surface area contributed by atoms with Crippen LogP contribution in [0.25, 0.3) is 11.4 Å². The lowest BCUT2D eigenvalue weighted by atomic mass is 10.1. The van der Waals surface area contributed by atoms with Gasteiger partial charge in [-0.1, -0.05) is 0 Å². The van der Waals surface area contributed by atoms with Crippen molar-refractivity contribution < 1.29 is 18.4 Å². The van der Waals surface area contributed by atoms with Gasteiger partial charge in [0.25, 0.3) is 11.8 Å². The second-order valence-electron chi connectivity index (χ2n) is 8.52. The van der Waals surface area contributed by atoms with Crippen LogP contribution in [-0.4, -0.2) is 69.6 Å². The monoisotopic (exact) mass is 454 g/mol. The molecule has 2 amide bonds. The summed E-state index contributed by atoms with van der Waals surface area (Å²) < 4.78 is 28.7. The number of nitrogens with zero attached hydrogens (tertiary/aromatic N) is 4. The summed E-state index contributed by atoms with van der Waals surface area (Å²) in [5, 5.41) is 9.86. The average molecular weight is 454 g/mol. The number of carbonyl (C=O) groups is 2. The van der Waals surface area contributed by atoms with Crippen LogP contribution in [-0.2, 0) is 13.0 Å². The molecule has 33 heavy (non-hydrogen) atoms. The summed E-state index contributed by atoms with van der Waals surface area (Å²) in [6.45, 7) is 3.90. The Bertz CT molecular complexity index is 1230. The van der Waals surface area contributed by atoms with Gasteiger partial charge in [0.2, 0.25) is 0 Å². The van der Waals surface area contributed by atoms with E-state index in [0.717, 1.165) is 55.1 Å². The molecule has 2 aromatic heterocycles. The van der Waals surface area contributed by atoms with Gasteiger partial charge in [-0.15, -0.1) is 0 Å². The Morgan fingerprint density at radius 3 is 2.70 bits per heavy atom. The SMILES string of the molecule is CN1CCCN(C(=O)c2cc3n(c2)CCc2c(NC(=O)c4ccc(F)c(F)c4)n[nH]c2-3)CC1. The number of aryl methyl sites for hydroxylation is 1. The largest absolute Gasteiger partial charge is 0.345 e. The van der Waals surface area contributed by atoms with Gasteiger partial charge in [0, 0.05) is 43.5 Å². The smallest absolute Gasteiger partial charge is 0.256 e. The third-order valence-electron chi connectivity index (χ3n) is 6.29. The number of amides is 2. The van der Waals surface area contributed by atoms with E-state index < -0.39 is 17.5 Å². The number of halogens is 2. The van der Waals surface area contributed by atoms with Gasteiger partial charge in [-0.3, -0.25) is 14.7 Å². The number of aromatic nitrogens is 3. The normalized spacial score (nSPS) is 16.2. The third-order valence-corrected chi connectivity index (χ3v) is 6.29. The predicted octanol–water partition coefficient (Wildman–Crippen LogP) is 2.74. The summed E-state index contributed by atoms with van der Waals surface area (Å²) in [6.07, 6.45) is 3.42. The van der Waals surface area contributed by atoms with Gasteiger partial charge in [0.1, 0.15) is 0 Å². The lowest BCUT2D eigenvalue weighted by Gasteiger charge is -2.19. The summed E-state index contributed by atoms with van der Waals surface area (Å²) in [6, 6.07) is 4.84. The second kappa shape index (κ2) is 8.43. The zero-order chi connectivity index (χ0) is 23.1. The van der Waals surface area contributed by atoms with Crippen molar-refractivity contribution in [3.8, 4) is 11.4 Å². The topological polar surface area (TPSA) is 86.3 Å². The first-order valence-electron chi connectivity index (χ1n) is 10.9. The number of anilines is 1. The Kier molecular flexibility index (Phi) is 5.45. The molecular formula is C23H24F2N6O2.